The summed E-state index contributed by atoms with van der Waals surface area (Å²) in [5, 5.41) is 11.0. The normalized spacial score (nSPS) is 13.0. The van der Waals surface area contributed by atoms with Crippen LogP contribution in [0.3, 0.4) is 0 Å². The SMILES string of the molecule is Cc1c[n+](CC(C)c2conn2)on1. The van der Waals surface area contributed by atoms with Crippen molar-refractivity contribution in [2.45, 2.75) is 26.3 Å². The summed E-state index contributed by atoms with van der Waals surface area (Å²) in [5.41, 5.74) is 1.67. The largest absolute Gasteiger partial charge is 0.345 e. The topological polar surface area (TPSA) is 68.8 Å². The Morgan fingerprint density at radius 3 is 3.00 bits per heavy atom. The highest BCUT2D eigenvalue weighted by Crippen LogP contribution is 2.10. The van der Waals surface area contributed by atoms with Crippen LogP contribution in [0.2, 0.25) is 0 Å². The van der Waals surface area contributed by atoms with Crippen molar-refractivity contribution < 1.29 is 13.9 Å². The zero-order chi connectivity index (χ0) is 9.97. The lowest BCUT2D eigenvalue weighted by atomic mass is 10.1. The molecule has 74 valence electrons. The molecule has 2 rings (SSSR count). The van der Waals surface area contributed by atoms with Crippen LogP contribution in [0, 0.1) is 6.92 Å². The van der Waals surface area contributed by atoms with E-state index < -0.39 is 0 Å². The fourth-order valence-electron chi connectivity index (χ4n) is 1.21. The van der Waals surface area contributed by atoms with Gasteiger partial charge in [0.2, 0.25) is 5.69 Å². The average Bonchev–Trinajstić information content (AvgIpc) is 2.75. The van der Waals surface area contributed by atoms with Gasteiger partial charge < -0.3 is 4.52 Å². The van der Waals surface area contributed by atoms with Crippen LogP contribution in [-0.2, 0) is 6.54 Å². The second kappa shape index (κ2) is 3.57. The summed E-state index contributed by atoms with van der Waals surface area (Å²) >= 11 is 0. The minimum Gasteiger partial charge on any atom is -0.345 e. The summed E-state index contributed by atoms with van der Waals surface area (Å²) < 4.78 is 11.3. The van der Waals surface area contributed by atoms with Gasteiger partial charge in [-0.05, 0) is 0 Å². The van der Waals surface area contributed by atoms with Gasteiger partial charge in [-0.2, -0.15) is 0 Å². The van der Waals surface area contributed by atoms with Crippen LogP contribution in [0.25, 0.3) is 0 Å². The third-order valence-corrected chi connectivity index (χ3v) is 1.96. The van der Waals surface area contributed by atoms with Gasteiger partial charge >= 0.3 is 0 Å². The first-order valence-electron chi connectivity index (χ1n) is 4.36. The fraction of sp³-hybridized carbons (Fsp3) is 0.500. The zero-order valence-corrected chi connectivity index (χ0v) is 8.04. The van der Waals surface area contributed by atoms with Crippen molar-refractivity contribution in [2.75, 3.05) is 0 Å². The highest BCUT2D eigenvalue weighted by Gasteiger charge is 2.16. The van der Waals surface area contributed by atoms with Gasteiger partial charge in [-0.1, -0.05) is 16.3 Å². The lowest BCUT2D eigenvalue weighted by molar-refractivity contribution is -0.873. The van der Waals surface area contributed by atoms with Crippen molar-refractivity contribution in [3.05, 3.63) is 23.8 Å². The van der Waals surface area contributed by atoms with E-state index in [1.54, 1.807) is 4.74 Å². The van der Waals surface area contributed by atoms with Crippen molar-refractivity contribution in [1.29, 1.82) is 0 Å². The zero-order valence-electron chi connectivity index (χ0n) is 8.04. The van der Waals surface area contributed by atoms with Gasteiger partial charge in [0.15, 0.2) is 11.4 Å². The molecule has 2 aromatic heterocycles. The molecule has 2 aromatic rings. The van der Waals surface area contributed by atoms with Crippen LogP contribution in [0.15, 0.2) is 21.6 Å². The minimum absolute atomic E-state index is 0.193. The Morgan fingerprint density at radius 2 is 2.43 bits per heavy atom. The molecule has 2 heterocycles. The fourth-order valence-corrected chi connectivity index (χ4v) is 1.21. The number of hydrogen-bond donors (Lipinski definition) is 0. The van der Waals surface area contributed by atoms with E-state index in [-0.39, 0.29) is 5.92 Å². The molecule has 1 atom stereocenters. The first kappa shape index (κ1) is 8.86. The standard InChI is InChI=1S/C8H11N4O2/c1-6(8-5-13-11-9-8)3-12-4-7(2)10-14-12/h4-6H,3H2,1-2H3/q+1. The van der Waals surface area contributed by atoms with E-state index in [0.29, 0.717) is 6.54 Å². The molecule has 0 N–H and O–H groups in total. The van der Waals surface area contributed by atoms with Crippen LogP contribution >= 0.6 is 0 Å². The molecule has 0 spiro atoms. The second-order valence-corrected chi connectivity index (χ2v) is 3.27. The van der Waals surface area contributed by atoms with Crippen molar-refractivity contribution in [2.24, 2.45) is 0 Å². The highest BCUT2D eigenvalue weighted by molar-refractivity contribution is 4.95. The van der Waals surface area contributed by atoms with E-state index in [9.17, 15) is 0 Å². The molecule has 0 saturated carbocycles. The molecule has 0 saturated heterocycles. The predicted molar refractivity (Wildman–Crippen MR) is 44.1 cm³/mol. The van der Waals surface area contributed by atoms with Crippen molar-refractivity contribution in [3.63, 3.8) is 0 Å². The van der Waals surface area contributed by atoms with E-state index in [0.717, 1.165) is 11.4 Å². The minimum atomic E-state index is 0.193. The molecule has 6 nitrogen and oxygen atoms in total. The Labute approximate surface area is 80.4 Å². The molecule has 6 heteroatoms. The third-order valence-electron chi connectivity index (χ3n) is 1.96. The van der Waals surface area contributed by atoms with Crippen molar-refractivity contribution in [3.8, 4) is 0 Å². The van der Waals surface area contributed by atoms with E-state index in [4.69, 9.17) is 4.63 Å². The Balaban J connectivity index is 2.05. The van der Waals surface area contributed by atoms with Crippen molar-refractivity contribution >= 4 is 0 Å². The van der Waals surface area contributed by atoms with Crippen LogP contribution < -0.4 is 4.74 Å². The maximum absolute atomic E-state index is 5.02. The lowest BCUT2D eigenvalue weighted by Crippen LogP contribution is -2.33. The lowest BCUT2D eigenvalue weighted by Gasteiger charge is -1.99. The van der Waals surface area contributed by atoms with E-state index in [1.165, 1.54) is 6.26 Å². The summed E-state index contributed by atoms with van der Waals surface area (Å²) in [4.78, 5) is 0. The van der Waals surface area contributed by atoms with Gasteiger partial charge in [0, 0.05) is 18.1 Å². The Kier molecular flexibility index (Phi) is 2.26. The van der Waals surface area contributed by atoms with Crippen LogP contribution in [0.5, 0.6) is 0 Å². The molecular weight excluding hydrogens is 184 g/mol. The average molecular weight is 195 g/mol. The monoisotopic (exact) mass is 195 g/mol. The summed E-state index contributed by atoms with van der Waals surface area (Å²) in [5.74, 6) is 0.193. The molecule has 0 bridgehead atoms. The maximum Gasteiger partial charge on any atom is 0.240 e. The van der Waals surface area contributed by atoms with Crippen LogP contribution in [0.4, 0.5) is 0 Å². The van der Waals surface area contributed by atoms with Gasteiger partial charge in [0.1, 0.15) is 18.5 Å². The number of rotatable bonds is 3. The molecule has 0 fully saturated rings. The predicted octanol–water partition coefficient (Wildman–Crippen LogP) is 0.457. The highest BCUT2D eigenvalue weighted by atomic mass is 16.6. The van der Waals surface area contributed by atoms with E-state index in [2.05, 4.69) is 20.0 Å². The third kappa shape index (κ3) is 1.78. The van der Waals surface area contributed by atoms with E-state index in [1.807, 2.05) is 20.0 Å². The van der Waals surface area contributed by atoms with E-state index >= 15 is 0 Å². The van der Waals surface area contributed by atoms with Gasteiger partial charge in [-0.3, -0.25) is 0 Å². The smallest absolute Gasteiger partial charge is 0.240 e. The van der Waals surface area contributed by atoms with Gasteiger partial charge in [-0.25, -0.2) is 0 Å². The second-order valence-electron chi connectivity index (χ2n) is 3.27. The number of hydrogen-bond acceptors (Lipinski definition) is 5. The number of aryl methyl sites for hydroxylation is 1. The summed E-state index contributed by atoms with van der Waals surface area (Å²) in [6.07, 6.45) is 3.37. The molecule has 0 aromatic carbocycles. The molecule has 0 aliphatic heterocycles. The summed E-state index contributed by atoms with van der Waals surface area (Å²) in [7, 11) is 0. The first-order chi connectivity index (χ1) is 6.75. The molecule has 1 unspecified atom stereocenters. The molecular formula is C8H11N4O2+. The number of aromatic nitrogens is 4. The first-order valence-corrected chi connectivity index (χ1v) is 4.36. The Hall–Kier alpha value is -1.72. The van der Waals surface area contributed by atoms with Gasteiger partial charge in [0.05, 0.1) is 0 Å². The molecule has 14 heavy (non-hydrogen) atoms. The van der Waals surface area contributed by atoms with Crippen LogP contribution in [0.1, 0.15) is 24.2 Å². The van der Waals surface area contributed by atoms with Gasteiger partial charge in [-0.15, -0.1) is 5.10 Å². The summed E-state index contributed by atoms with van der Waals surface area (Å²) in [6, 6.07) is 0. The number of nitrogens with zero attached hydrogens (tertiary/aromatic N) is 4. The quantitative estimate of drug-likeness (QED) is 0.665. The maximum atomic E-state index is 5.02. The molecule has 0 aliphatic rings. The Bertz CT molecular complexity index is 395. The van der Waals surface area contributed by atoms with Crippen molar-refractivity contribution in [1.82, 2.24) is 15.5 Å². The van der Waals surface area contributed by atoms with Crippen LogP contribution in [-0.4, -0.2) is 15.5 Å². The molecule has 0 aliphatic carbocycles. The Morgan fingerprint density at radius 1 is 1.57 bits per heavy atom. The molecule has 0 amide bonds. The van der Waals surface area contributed by atoms with Gasteiger partial charge in [0.25, 0.3) is 0 Å². The summed E-state index contributed by atoms with van der Waals surface area (Å²) in [6.45, 7) is 4.57. The molecule has 0 radical (unpaired) electrons.